The van der Waals surface area contributed by atoms with E-state index in [0.29, 0.717) is 28.5 Å². The first-order valence-electron chi connectivity index (χ1n) is 12.4. The highest BCUT2D eigenvalue weighted by atomic mass is 32.1. The smallest absolute Gasteiger partial charge is 0.254 e. The van der Waals surface area contributed by atoms with Crippen molar-refractivity contribution in [2.24, 2.45) is 5.92 Å². The third-order valence-electron chi connectivity index (χ3n) is 7.57. The minimum Gasteiger partial charge on any atom is -0.493 e. The Hall–Kier alpha value is -3.32. The second kappa shape index (κ2) is 10.3. The van der Waals surface area contributed by atoms with Gasteiger partial charge in [-0.1, -0.05) is 36.4 Å². The summed E-state index contributed by atoms with van der Waals surface area (Å²) in [5.74, 6) is 1.02. The van der Waals surface area contributed by atoms with Gasteiger partial charge >= 0.3 is 0 Å². The number of amides is 2. The van der Waals surface area contributed by atoms with Crippen LogP contribution in [0.2, 0.25) is 0 Å². The topological polar surface area (TPSA) is 59.1 Å². The zero-order valence-electron chi connectivity index (χ0n) is 21.0. The Kier molecular flexibility index (Phi) is 7.01. The molecule has 1 saturated heterocycles. The van der Waals surface area contributed by atoms with Crippen molar-refractivity contribution in [1.82, 2.24) is 9.80 Å². The molecule has 0 spiro atoms. The number of methoxy groups -OCH3 is 2. The molecule has 36 heavy (non-hydrogen) atoms. The fourth-order valence-electron chi connectivity index (χ4n) is 5.63. The number of benzene rings is 2. The van der Waals surface area contributed by atoms with Crippen LogP contribution in [0.15, 0.2) is 60.0 Å². The van der Waals surface area contributed by atoms with Crippen molar-refractivity contribution < 1.29 is 19.1 Å². The molecule has 0 aliphatic carbocycles. The number of ether oxygens (including phenoxy) is 2. The summed E-state index contributed by atoms with van der Waals surface area (Å²) in [6.45, 7) is 1.45. The average Bonchev–Trinajstić information content (AvgIpc) is 3.45. The first kappa shape index (κ1) is 24.4. The molecule has 1 aromatic heterocycles. The molecule has 0 saturated carbocycles. The number of fused-ring (bicyclic) bond motifs is 1. The van der Waals surface area contributed by atoms with Gasteiger partial charge < -0.3 is 19.3 Å². The number of carbonyl (C=O) groups excluding carboxylic acids is 2. The molecule has 2 aromatic carbocycles. The highest BCUT2D eigenvalue weighted by Gasteiger charge is 2.45. The lowest BCUT2D eigenvalue weighted by atomic mass is 9.80. The third-order valence-corrected chi connectivity index (χ3v) is 8.51. The van der Waals surface area contributed by atoms with Crippen molar-refractivity contribution in [3.8, 4) is 11.5 Å². The lowest BCUT2D eigenvalue weighted by Crippen LogP contribution is -2.48. The van der Waals surface area contributed by atoms with Crippen molar-refractivity contribution in [3.63, 3.8) is 0 Å². The predicted octanol–water partition coefficient (Wildman–Crippen LogP) is 5.16. The van der Waals surface area contributed by atoms with E-state index in [1.165, 1.54) is 5.56 Å². The van der Waals surface area contributed by atoms with Crippen molar-refractivity contribution in [1.29, 1.82) is 0 Å². The Balaban J connectivity index is 1.46. The molecule has 6 nitrogen and oxygen atoms in total. The summed E-state index contributed by atoms with van der Waals surface area (Å²) in [4.78, 5) is 32.4. The molecule has 188 valence electrons. The molecule has 2 aliphatic rings. The van der Waals surface area contributed by atoms with Crippen LogP contribution in [0.25, 0.3) is 0 Å². The zero-order chi connectivity index (χ0) is 25.2. The first-order chi connectivity index (χ1) is 17.5. The van der Waals surface area contributed by atoms with Gasteiger partial charge in [0.15, 0.2) is 11.5 Å². The largest absolute Gasteiger partial charge is 0.493 e. The highest BCUT2D eigenvalue weighted by molar-refractivity contribution is 7.10. The van der Waals surface area contributed by atoms with E-state index >= 15 is 0 Å². The Morgan fingerprint density at radius 2 is 1.69 bits per heavy atom. The Bertz CT molecular complexity index is 1220. The SMILES string of the molecule is COc1cc2c(cc1OC)[C@@H](C(=O)N1CCC(Cc3ccccc3)CC1)[C@@H](c1cccs1)N(C)C2=O. The van der Waals surface area contributed by atoms with E-state index in [4.69, 9.17) is 9.47 Å². The van der Waals surface area contributed by atoms with E-state index in [2.05, 4.69) is 24.3 Å². The summed E-state index contributed by atoms with van der Waals surface area (Å²) in [5, 5.41) is 1.99. The molecular weight excluding hydrogens is 472 g/mol. The van der Waals surface area contributed by atoms with Crippen LogP contribution in [-0.2, 0) is 11.2 Å². The minimum atomic E-state index is -0.508. The highest BCUT2D eigenvalue weighted by Crippen LogP contribution is 2.47. The summed E-state index contributed by atoms with van der Waals surface area (Å²) in [6.07, 6.45) is 3.00. The van der Waals surface area contributed by atoms with Crippen LogP contribution in [0.1, 0.15) is 51.2 Å². The maximum Gasteiger partial charge on any atom is 0.254 e. The fraction of sp³-hybridized carbons (Fsp3) is 0.379. The van der Waals surface area contributed by atoms with Crippen LogP contribution in [0.5, 0.6) is 11.5 Å². The molecule has 2 aliphatic heterocycles. The van der Waals surface area contributed by atoms with Gasteiger partial charge in [0, 0.05) is 30.6 Å². The molecule has 7 heteroatoms. The van der Waals surface area contributed by atoms with Gasteiger partial charge in [0.25, 0.3) is 5.91 Å². The molecule has 3 aromatic rings. The molecule has 2 amide bonds. The summed E-state index contributed by atoms with van der Waals surface area (Å²) >= 11 is 1.58. The molecule has 0 N–H and O–H groups in total. The lowest BCUT2D eigenvalue weighted by Gasteiger charge is -2.42. The monoisotopic (exact) mass is 504 g/mol. The molecule has 3 heterocycles. The van der Waals surface area contributed by atoms with Gasteiger partial charge in [0.05, 0.1) is 26.2 Å². The standard InChI is InChI=1S/C29H32N2O4S/c1-30-27(25-10-7-15-36-25)26(21-17-23(34-2)24(35-3)18-22(21)28(30)32)29(33)31-13-11-20(12-14-31)16-19-8-5-4-6-9-19/h4-10,15,17-18,20,26-27H,11-14,16H2,1-3H3/t26-,27-/m1/s1. The molecular formula is C29H32N2O4S. The molecule has 2 atom stereocenters. The lowest BCUT2D eigenvalue weighted by molar-refractivity contribution is -0.135. The Morgan fingerprint density at radius 3 is 2.33 bits per heavy atom. The molecule has 0 bridgehead atoms. The number of thiophene rings is 1. The van der Waals surface area contributed by atoms with Crippen LogP contribution in [-0.4, -0.2) is 56.0 Å². The molecule has 5 rings (SSSR count). The van der Waals surface area contributed by atoms with Gasteiger partial charge in [-0.25, -0.2) is 0 Å². The second-order valence-electron chi connectivity index (χ2n) is 9.61. The van der Waals surface area contributed by atoms with Crippen LogP contribution >= 0.6 is 11.3 Å². The van der Waals surface area contributed by atoms with Crippen molar-refractivity contribution in [2.45, 2.75) is 31.2 Å². The maximum absolute atomic E-state index is 14.2. The normalized spacial score (nSPS) is 20.2. The Labute approximate surface area is 216 Å². The van der Waals surface area contributed by atoms with Crippen molar-refractivity contribution in [2.75, 3.05) is 34.4 Å². The van der Waals surface area contributed by atoms with E-state index in [1.54, 1.807) is 43.6 Å². The zero-order valence-corrected chi connectivity index (χ0v) is 21.8. The van der Waals surface area contributed by atoms with Gasteiger partial charge in [-0.2, -0.15) is 0 Å². The average molecular weight is 505 g/mol. The van der Waals surface area contributed by atoms with Crippen LogP contribution in [0.3, 0.4) is 0 Å². The van der Waals surface area contributed by atoms with Crippen molar-refractivity contribution >= 4 is 23.2 Å². The number of rotatable bonds is 6. The minimum absolute atomic E-state index is 0.0689. The van der Waals surface area contributed by atoms with Crippen LogP contribution < -0.4 is 9.47 Å². The van der Waals surface area contributed by atoms with Gasteiger partial charge in [0.1, 0.15) is 0 Å². The Morgan fingerprint density at radius 1 is 1.00 bits per heavy atom. The number of piperidine rings is 1. The molecule has 0 unspecified atom stereocenters. The summed E-state index contributed by atoms with van der Waals surface area (Å²) in [5.41, 5.74) is 2.56. The van der Waals surface area contributed by atoms with Gasteiger partial charge in [-0.3, -0.25) is 9.59 Å². The number of hydrogen-bond acceptors (Lipinski definition) is 5. The van der Waals surface area contributed by atoms with Gasteiger partial charge in [-0.15, -0.1) is 11.3 Å². The predicted molar refractivity (Wildman–Crippen MR) is 141 cm³/mol. The van der Waals surface area contributed by atoms with E-state index in [1.807, 2.05) is 34.5 Å². The number of likely N-dealkylation sites (N-methyl/N-ethyl adjacent to an activating group) is 1. The second-order valence-corrected chi connectivity index (χ2v) is 10.6. The number of nitrogens with zero attached hydrogens (tertiary/aromatic N) is 2. The van der Waals surface area contributed by atoms with Crippen LogP contribution in [0.4, 0.5) is 0 Å². The number of carbonyl (C=O) groups is 2. The quantitative estimate of drug-likeness (QED) is 0.466. The maximum atomic E-state index is 14.2. The van der Waals surface area contributed by atoms with Gasteiger partial charge in [0.2, 0.25) is 5.91 Å². The number of likely N-dealkylation sites (tertiary alicyclic amines) is 1. The van der Waals surface area contributed by atoms with Crippen molar-refractivity contribution in [3.05, 3.63) is 81.5 Å². The van der Waals surface area contributed by atoms with E-state index in [0.717, 1.165) is 37.2 Å². The summed E-state index contributed by atoms with van der Waals surface area (Å²) < 4.78 is 11.0. The van der Waals surface area contributed by atoms with Crippen LogP contribution in [0, 0.1) is 5.92 Å². The van der Waals surface area contributed by atoms with Gasteiger partial charge in [-0.05, 0) is 59.9 Å². The molecule has 0 radical (unpaired) electrons. The summed E-state index contributed by atoms with van der Waals surface area (Å²) in [7, 11) is 4.92. The third kappa shape index (κ3) is 4.48. The summed E-state index contributed by atoms with van der Waals surface area (Å²) in [6, 6.07) is 17.7. The molecule has 1 fully saturated rings. The number of hydrogen-bond donors (Lipinski definition) is 0. The van der Waals surface area contributed by atoms with E-state index in [-0.39, 0.29) is 17.9 Å². The first-order valence-corrected chi connectivity index (χ1v) is 13.3. The van der Waals surface area contributed by atoms with E-state index in [9.17, 15) is 9.59 Å². The fourth-order valence-corrected chi connectivity index (χ4v) is 6.54. The van der Waals surface area contributed by atoms with E-state index < -0.39 is 5.92 Å².